The van der Waals surface area contributed by atoms with Crippen molar-refractivity contribution in [1.82, 2.24) is 5.32 Å². The number of rotatable bonds is 4. The number of benzene rings is 2. The summed E-state index contributed by atoms with van der Waals surface area (Å²) in [6, 6.07) is 14.6. The van der Waals surface area contributed by atoms with Crippen LogP contribution in [0.4, 0.5) is 0 Å². The van der Waals surface area contributed by atoms with Gasteiger partial charge >= 0.3 is 0 Å². The van der Waals surface area contributed by atoms with E-state index in [1.165, 1.54) is 11.1 Å². The van der Waals surface area contributed by atoms with Crippen LogP contribution in [0.1, 0.15) is 17.2 Å². The molecule has 0 saturated carbocycles. The molecule has 0 bridgehead atoms. The molecule has 2 aromatic carbocycles. The van der Waals surface area contributed by atoms with E-state index < -0.39 is 0 Å². The largest absolute Gasteiger partial charge is 0.496 e. The standard InChI is InChI=1S/C15H15Br2NO/c1-18-15(10-3-6-12(16)7-4-10)11-5-8-14(19-2)13(17)9-11/h3-9,15,18H,1-2H3. The molecule has 1 atom stereocenters. The molecule has 0 amide bonds. The van der Waals surface area contributed by atoms with Gasteiger partial charge in [0.05, 0.1) is 17.6 Å². The minimum atomic E-state index is 0.162. The second kappa shape index (κ2) is 6.55. The molecule has 0 radical (unpaired) electrons. The number of methoxy groups -OCH3 is 1. The fourth-order valence-electron chi connectivity index (χ4n) is 2.04. The topological polar surface area (TPSA) is 21.3 Å². The highest BCUT2D eigenvalue weighted by molar-refractivity contribution is 9.10. The smallest absolute Gasteiger partial charge is 0.133 e. The summed E-state index contributed by atoms with van der Waals surface area (Å²) in [7, 11) is 3.63. The number of nitrogens with one attached hydrogen (secondary N) is 1. The van der Waals surface area contributed by atoms with Crippen molar-refractivity contribution in [3.05, 3.63) is 62.5 Å². The summed E-state index contributed by atoms with van der Waals surface area (Å²) < 4.78 is 7.31. The molecule has 19 heavy (non-hydrogen) atoms. The van der Waals surface area contributed by atoms with Crippen molar-refractivity contribution in [3.63, 3.8) is 0 Å². The van der Waals surface area contributed by atoms with E-state index in [0.29, 0.717) is 0 Å². The van der Waals surface area contributed by atoms with Crippen LogP contribution in [0.2, 0.25) is 0 Å². The summed E-state index contributed by atoms with van der Waals surface area (Å²) in [6.07, 6.45) is 0. The predicted octanol–water partition coefficient (Wildman–Crippen LogP) is 4.53. The Morgan fingerprint density at radius 3 is 2.16 bits per heavy atom. The van der Waals surface area contributed by atoms with E-state index in [-0.39, 0.29) is 6.04 Å². The fraction of sp³-hybridized carbons (Fsp3) is 0.200. The highest BCUT2D eigenvalue weighted by atomic mass is 79.9. The maximum absolute atomic E-state index is 5.26. The highest BCUT2D eigenvalue weighted by Gasteiger charge is 2.13. The molecule has 0 saturated heterocycles. The van der Waals surface area contributed by atoms with Crippen molar-refractivity contribution in [2.75, 3.05) is 14.2 Å². The average Bonchev–Trinajstić information content (AvgIpc) is 2.42. The van der Waals surface area contributed by atoms with E-state index in [1.807, 2.05) is 13.1 Å². The zero-order valence-corrected chi connectivity index (χ0v) is 14.0. The van der Waals surface area contributed by atoms with Crippen molar-refractivity contribution < 1.29 is 4.74 Å². The Morgan fingerprint density at radius 1 is 1.00 bits per heavy atom. The Bertz CT molecular complexity index is 555. The first-order valence-electron chi connectivity index (χ1n) is 5.92. The summed E-state index contributed by atoms with van der Waals surface area (Å²) in [5.74, 6) is 0.842. The molecule has 0 aromatic heterocycles. The molecule has 0 fully saturated rings. The van der Waals surface area contributed by atoms with E-state index in [9.17, 15) is 0 Å². The Balaban J connectivity index is 2.36. The molecule has 0 heterocycles. The van der Waals surface area contributed by atoms with Crippen LogP contribution >= 0.6 is 31.9 Å². The van der Waals surface area contributed by atoms with Crippen LogP contribution in [0.25, 0.3) is 0 Å². The zero-order chi connectivity index (χ0) is 13.8. The molecule has 1 unspecified atom stereocenters. The maximum atomic E-state index is 5.26. The zero-order valence-electron chi connectivity index (χ0n) is 10.8. The molecular weight excluding hydrogens is 370 g/mol. The van der Waals surface area contributed by atoms with Gasteiger partial charge in [-0.2, -0.15) is 0 Å². The minimum absolute atomic E-state index is 0.162. The lowest BCUT2D eigenvalue weighted by Gasteiger charge is -2.18. The molecule has 4 heteroatoms. The van der Waals surface area contributed by atoms with Crippen molar-refractivity contribution in [2.24, 2.45) is 0 Å². The predicted molar refractivity (Wildman–Crippen MR) is 85.7 cm³/mol. The third-order valence-corrected chi connectivity index (χ3v) is 4.15. The van der Waals surface area contributed by atoms with Gasteiger partial charge in [0.2, 0.25) is 0 Å². The van der Waals surface area contributed by atoms with Crippen LogP contribution < -0.4 is 10.1 Å². The molecule has 0 aliphatic rings. The lowest BCUT2D eigenvalue weighted by Crippen LogP contribution is -2.17. The van der Waals surface area contributed by atoms with Crippen LogP contribution in [-0.2, 0) is 0 Å². The van der Waals surface area contributed by atoms with Gasteiger partial charge in [-0.3, -0.25) is 0 Å². The monoisotopic (exact) mass is 383 g/mol. The SMILES string of the molecule is CNC(c1ccc(Br)cc1)c1ccc(OC)c(Br)c1. The van der Waals surface area contributed by atoms with Gasteiger partial charge in [-0.05, 0) is 58.4 Å². The molecule has 0 aliphatic carbocycles. The molecule has 0 aliphatic heterocycles. The van der Waals surface area contributed by atoms with E-state index >= 15 is 0 Å². The number of ether oxygens (including phenoxy) is 1. The van der Waals surface area contributed by atoms with Gasteiger partial charge in [0.15, 0.2) is 0 Å². The Labute approximate surface area is 130 Å². The van der Waals surface area contributed by atoms with Gasteiger partial charge < -0.3 is 10.1 Å². The normalized spacial score (nSPS) is 12.2. The molecule has 2 nitrogen and oxygen atoms in total. The number of hydrogen-bond donors (Lipinski definition) is 1. The first kappa shape index (κ1) is 14.6. The van der Waals surface area contributed by atoms with Crippen LogP contribution in [0.3, 0.4) is 0 Å². The Hall–Kier alpha value is -0.840. The third kappa shape index (κ3) is 3.38. The summed E-state index contributed by atoms with van der Waals surface area (Å²) in [5, 5.41) is 3.34. The van der Waals surface area contributed by atoms with Gasteiger partial charge in [-0.25, -0.2) is 0 Å². The lowest BCUT2D eigenvalue weighted by atomic mass is 9.99. The maximum Gasteiger partial charge on any atom is 0.133 e. The van der Waals surface area contributed by atoms with Gasteiger partial charge in [-0.1, -0.05) is 34.1 Å². The summed E-state index contributed by atoms with van der Waals surface area (Å²) in [5.41, 5.74) is 2.42. The summed E-state index contributed by atoms with van der Waals surface area (Å²) >= 11 is 6.99. The Morgan fingerprint density at radius 2 is 1.63 bits per heavy atom. The molecule has 100 valence electrons. The molecular formula is C15H15Br2NO. The average molecular weight is 385 g/mol. The Kier molecular flexibility index (Phi) is 5.02. The van der Waals surface area contributed by atoms with Gasteiger partial charge in [0.25, 0.3) is 0 Å². The van der Waals surface area contributed by atoms with Crippen LogP contribution in [0.5, 0.6) is 5.75 Å². The highest BCUT2D eigenvalue weighted by Crippen LogP contribution is 2.30. The minimum Gasteiger partial charge on any atom is -0.496 e. The second-order valence-corrected chi connectivity index (χ2v) is 5.94. The van der Waals surface area contributed by atoms with Crippen molar-refractivity contribution in [3.8, 4) is 5.75 Å². The first-order valence-corrected chi connectivity index (χ1v) is 7.50. The third-order valence-electron chi connectivity index (χ3n) is 3.00. The number of halogens is 2. The first-order chi connectivity index (χ1) is 9.15. The second-order valence-electron chi connectivity index (χ2n) is 4.17. The molecule has 1 N–H and O–H groups in total. The van der Waals surface area contributed by atoms with Crippen molar-refractivity contribution in [2.45, 2.75) is 6.04 Å². The van der Waals surface area contributed by atoms with Gasteiger partial charge in [0.1, 0.15) is 5.75 Å². The fourth-order valence-corrected chi connectivity index (χ4v) is 2.87. The lowest BCUT2D eigenvalue weighted by molar-refractivity contribution is 0.412. The van der Waals surface area contributed by atoms with Crippen LogP contribution in [-0.4, -0.2) is 14.2 Å². The summed E-state index contributed by atoms with van der Waals surface area (Å²) in [4.78, 5) is 0. The summed E-state index contributed by atoms with van der Waals surface area (Å²) in [6.45, 7) is 0. The molecule has 2 rings (SSSR count). The van der Waals surface area contributed by atoms with Crippen molar-refractivity contribution in [1.29, 1.82) is 0 Å². The quantitative estimate of drug-likeness (QED) is 0.836. The van der Waals surface area contributed by atoms with E-state index in [4.69, 9.17) is 4.74 Å². The van der Waals surface area contributed by atoms with Crippen LogP contribution in [0, 0.1) is 0 Å². The van der Waals surface area contributed by atoms with Crippen LogP contribution in [0.15, 0.2) is 51.4 Å². The van der Waals surface area contributed by atoms with Gasteiger partial charge in [-0.15, -0.1) is 0 Å². The van der Waals surface area contributed by atoms with E-state index in [1.54, 1.807) is 7.11 Å². The van der Waals surface area contributed by atoms with E-state index in [0.717, 1.165) is 14.7 Å². The molecule has 2 aromatic rings. The number of hydrogen-bond acceptors (Lipinski definition) is 2. The van der Waals surface area contributed by atoms with Crippen molar-refractivity contribution >= 4 is 31.9 Å². The van der Waals surface area contributed by atoms with Gasteiger partial charge in [0, 0.05) is 4.47 Å². The molecule has 0 spiro atoms. The van der Waals surface area contributed by atoms with E-state index in [2.05, 4.69) is 73.6 Å².